The highest BCUT2D eigenvalue weighted by atomic mass is 32.1. The minimum absolute atomic E-state index is 0.153. The summed E-state index contributed by atoms with van der Waals surface area (Å²) < 4.78 is 0. The molecular formula is C17H15N3OS. The van der Waals surface area contributed by atoms with Crippen LogP contribution in [0.1, 0.15) is 26.6 Å². The Morgan fingerprint density at radius 1 is 1.09 bits per heavy atom. The van der Waals surface area contributed by atoms with E-state index in [4.69, 9.17) is 0 Å². The molecule has 0 aliphatic rings. The monoisotopic (exact) mass is 309 g/mol. The average molecular weight is 309 g/mol. The fourth-order valence-electron chi connectivity index (χ4n) is 2.04. The number of nitrogens with one attached hydrogen (secondary N) is 1. The van der Waals surface area contributed by atoms with Crippen LogP contribution in [0.25, 0.3) is 0 Å². The maximum absolute atomic E-state index is 12.1. The Hall–Kier alpha value is -2.53. The smallest absolute Gasteiger partial charge is 0.271 e. The molecule has 0 bridgehead atoms. The first-order valence-electron chi connectivity index (χ1n) is 6.97. The molecule has 110 valence electrons. The van der Waals surface area contributed by atoms with Crippen LogP contribution in [-0.4, -0.2) is 15.9 Å². The molecule has 1 amide bonds. The van der Waals surface area contributed by atoms with Crippen LogP contribution in [0.4, 0.5) is 0 Å². The number of benzene rings is 1. The lowest BCUT2D eigenvalue weighted by molar-refractivity contribution is 0.0946. The molecule has 5 heteroatoms. The summed E-state index contributed by atoms with van der Waals surface area (Å²) >= 11 is 1.51. The van der Waals surface area contributed by atoms with Crippen molar-refractivity contribution in [3.63, 3.8) is 0 Å². The topological polar surface area (TPSA) is 54.9 Å². The third kappa shape index (κ3) is 3.77. The summed E-state index contributed by atoms with van der Waals surface area (Å²) in [4.78, 5) is 20.5. The Bertz CT molecular complexity index is 741. The van der Waals surface area contributed by atoms with Crippen molar-refractivity contribution in [2.24, 2.45) is 0 Å². The number of nitrogens with zero attached hydrogens (tertiary/aromatic N) is 2. The van der Waals surface area contributed by atoms with Crippen molar-refractivity contribution in [1.29, 1.82) is 0 Å². The van der Waals surface area contributed by atoms with Gasteiger partial charge in [-0.1, -0.05) is 36.4 Å². The maximum atomic E-state index is 12.1. The third-order valence-electron chi connectivity index (χ3n) is 3.16. The quantitative estimate of drug-likeness (QED) is 0.788. The summed E-state index contributed by atoms with van der Waals surface area (Å²) in [6, 6.07) is 13.9. The summed E-state index contributed by atoms with van der Waals surface area (Å²) in [5.41, 5.74) is 2.63. The van der Waals surface area contributed by atoms with Gasteiger partial charge in [0.15, 0.2) is 0 Å². The highest BCUT2D eigenvalue weighted by Gasteiger charge is 2.10. The summed E-state index contributed by atoms with van der Waals surface area (Å²) in [7, 11) is 0. The van der Waals surface area contributed by atoms with Crippen molar-refractivity contribution < 1.29 is 4.79 Å². The van der Waals surface area contributed by atoms with Crippen LogP contribution in [0.2, 0.25) is 0 Å². The molecule has 1 aromatic carbocycles. The molecule has 0 saturated heterocycles. The number of aromatic nitrogens is 2. The summed E-state index contributed by atoms with van der Waals surface area (Å²) in [6.45, 7) is 0.457. The predicted molar refractivity (Wildman–Crippen MR) is 86.8 cm³/mol. The largest absolute Gasteiger partial charge is 0.347 e. The molecule has 2 heterocycles. The van der Waals surface area contributed by atoms with Gasteiger partial charge in [-0.15, -0.1) is 11.3 Å². The van der Waals surface area contributed by atoms with E-state index in [0.29, 0.717) is 12.2 Å². The van der Waals surface area contributed by atoms with Crippen LogP contribution in [0, 0.1) is 0 Å². The zero-order chi connectivity index (χ0) is 15.2. The Balaban J connectivity index is 1.60. The second-order valence-corrected chi connectivity index (χ2v) is 5.78. The molecule has 22 heavy (non-hydrogen) atoms. The molecule has 4 nitrogen and oxygen atoms in total. The minimum Gasteiger partial charge on any atom is -0.347 e. The fraction of sp³-hybridized carbons (Fsp3) is 0.118. The third-order valence-corrected chi connectivity index (χ3v) is 4.01. The first-order chi connectivity index (χ1) is 10.8. The van der Waals surface area contributed by atoms with Gasteiger partial charge in [0.1, 0.15) is 5.69 Å². The molecule has 2 aromatic heterocycles. The van der Waals surface area contributed by atoms with Gasteiger partial charge in [-0.05, 0) is 17.2 Å². The Kier molecular flexibility index (Phi) is 4.56. The average Bonchev–Trinajstić information content (AvgIpc) is 3.03. The van der Waals surface area contributed by atoms with Crippen molar-refractivity contribution >= 4 is 17.2 Å². The highest BCUT2D eigenvalue weighted by molar-refractivity contribution is 7.09. The molecule has 0 aliphatic carbocycles. The van der Waals surface area contributed by atoms with E-state index in [1.807, 2.05) is 30.3 Å². The molecular weight excluding hydrogens is 294 g/mol. The van der Waals surface area contributed by atoms with Crippen molar-refractivity contribution in [2.45, 2.75) is 13.0 Å². The van der Waals surface area contributed by atoms with Crippen molar-refractivity contribution in [3.8, 4) is 0 Å². The normalized spacial score (nSPS) is 10.4. The fourth-order valence-corrected chi connectivity index (χ4v) is 2.85. The van der Waals surface area contributed by atoms with Crippen LogP contribution in [0.15, 0.2) is 60.2 Å². The predicted octanol–water partition coefficient (Wildman–Crippen LogP) is 3.06. The molecule has 0 fully saturated rings. The second-order valence-electron chi connectivity index (χ2n) is 4.83. The van der Waals surface area contributed by atoms with Gasteiger partial charge in [-0.3, -0.25) is 9.78 Å². The van der Waals surface area contributed by atoms with Gasteiger partial charge >= 0.3 is 0 Å². The summed E-state index contributed by atoms with van der Waals surface area (Å²) in [5.74, 6) is -0.153. The number of hydrogen-bond donors (Lipinski definition) is 1. The summed E-state index contributed by atoms with van der Waals surface area (Å²) in [6.07, 6.45) is 4.20. The van der Waals surface area contributed by atoms with Crippen LogP contribution in [0.3, 0.4) is 0 Å². The standard InChI is InChI=1S/C17H15N3OS/c21-17(19-11-14-7-4-8-18-10-14)15-12-22-16(20-15)9-13-5-2-1-3-6-13/h1-8,10,12H,9,11H2,(H,19,21). The van der Waals surface area contributed by atoms with E-state index < -0.39 is 0 Å². The van der Waals surface area contributed by atoms with E-state index in [9.17, 15) is 4.79 Å². The molecule has 3 aromatic rings. The van der Waals surface area contributed by atoms with E-state index in [0.717, 1.165) is 17.0 Å². The Morgan fingerprint density at radius 2 is 1.91 bits per heavy atom. The van der Waals surface area contributed by atoms with Crippen molar-refractivity contribution in [2.75, 3.05) is 0 Å². The van der Waals surface area contributed by atoms with Gasteiger partial charge < -0.3 is 5.32 Å². The zero-order valence-electron chi connectivity index (χ0n) is 11.9. The molecule has 0 atom stereocenters. The van der Waals surface area contributed by atoms with E-state index >= 15 is 0 Å². The summed E-state index contributed by atoms with van der Waals surface area (Å²) in [5, 5.41) is 5.60. The van der Waals surface area contributed by atoms with E-state index in [1.165, 1.54) is 16.9 Å². The zero-order valence-corrected chi connectivity index (χ0v) is 12.7. The lowest BCUT2D eigenvalue weighted by Gasteiger charge is -2.02. The van der Waals surface area contributed by atoms with Crippen molar-refractivity contribution in [3.05, 3.63) is 82.1 Å². The minimum atomic E-state index is -0.153. The van der Waals surface area contributed by atoms with Gasteiger partial charge in [-0.25, -0.2) is 4.98 Å². The number of pyridine rings is 1. The van der Waals surface area contributed by atoms with Crippen LogP contribution in [0.5, 0.6) is 0 Å². The lowest BCUT2D eigenvalue weighted by Crippen LogP contribution is -2.23. The molecule has 0 spiro atoms. The number of carbonyl (C=O) groups excluding carboxylic acids is 1. The molecule has 0 unspecified atom stereocenters. The molecule has 0 radical (unpaired) electrons. The molecule has 3 rings (SSSR count). The lowest BCUT2D eigenvalue weighted by atomic mass is 10.2. The van der Waals surface area contributed by atoms with Crippen LogP contribution in [-0.2, 0) is 13.0 Å². The van der Waals surface area contributed by atoms with Crippen molar-refractivity contribution in [1.82, 2.24) is 15.3 Å². The second kappa shape index (κ2) is 6.95. The van der Waals surface area contributed by atoms with Gasteiger partial charge in [0.25, 0.3) is 5.91 Å². The number of carbonyl (C=O) groups is 1. The number of amides is 1. The maximum Gasteiger partial charge on any atom is 0.271 e. The molecule has 0 aliphatic heterocycles. The Labute approximate surface area is 132 Å². The van der Waals surface area contributed by atoms with Crippen LogP contribution >= 0.6 is 11.3 Å². The number of thiazole rings is 1. The number of rotatable bonds is 5. The van der Waals surface area contributed by atoms with E-state index in [1.54, 1.807) is 17.8 Å². The van der Waals surface area contributed by atoms with E-state index in [-0.39, 0.29) is 5.91 Å². The van der Waals surface area contributed by atoms with E-state index in [2.05, 4.69) is 27.4 Å². The number of hydrogen-bond acceptors (Lipinski definition) is 4. The van der Waals surface area contributed by atoms with Gasteiger partial charge in [0.2, 0.25) is 0 Å². The first kappa shape index (κ1) is 14.4. The van der Waals surface area contributed by atoms with Gasteiger partial charge in [-0.2, -0.15) is 0 Å². The van der Waals surface area contributed by atoms with Gasteiger partial charge in [0, 0.05) is 30.7 Å². The van der Waals surface area contributed by atoms with Gasteiger partial charge in [0.05, 0.1) is 5.01 Å². The first-order valence-corrected chi connectivity index (χ1v) is 7.84. The molecule has 0 saturated carbocycles. The van der Waals surface area contributed by atoms with Crippen LogP contribution < -0.4 is 5.32 Å². The Morgan fingerprint density at radius 3 is 2.68 bits per heavy atom. The SMILES string of the molecule is O=C(NCc1cccnc1)c1csc(Cc2ccccc2)n1. The highest BCUT2D eigenvalue weighted by Crippen LogP contribution is 2.14. The molecule has 1 N–H and O–H groups in total.